The van der Waals surface area contributed by atoms with Gasteiger partial charge in [-0.05, 0) is 58.2 Å². The van der Waals surface area contributed by atoms with Crippen LogP contribution < -0.4 is 0 Å². The van der Waals surface area contributed by atoms with E-state index >= 15 is 0 Å². The molecule has 0 aliphatic rings. The average molecular weight is 314 g/mol. The van der Waals surface area contributed by atoms with Gasteiger partial charge in [-0.15, -0.1) is 0 Å². The lowest BCUT2D eigenvalue weighted by Crippen LogP contribution is -1.93. The lowest BCUT2D eigenvalue weighted by Gasteiger charge is -2.14. The van der Waals surface area contributed by atoms with Crippen molar-refractivity contribution in [1.82, 2.24) is 0 Å². The normalized spacial score (nSPS) is 10.8. The highest BCUT2D eigenvalue weighted by molar-refractivity contribution is 5.75. The van der Waals surface area contributed by atoms with Gasteiger partial charge in [0.05, 0.1) is 0 Å². The maximum absolute atomic E-state index is 2.38. The largest absolute Gasteiger partial charge is 0.0620 e. The number of hydrogen-bond donors (Lipinski definition) is 0. The van der Waals surface area contributed by atoms with Crippen LogP contribution in [0.3, 0.4) is 0 Å². The van der Waals surface area contributed by atoms with Gasteiger partial charge in [0.25, 0.3) is 0 Å². The Morgan fingerprint density at radius 3 is 2.00 bits per heavy atom. The van der Waals surface area contributed by atoms with Gasteiger partial charge in [0.2, 0.25) is 0 Å². The molecule has 122 valence electrons. The highest BCUT2D eigenvalue weighted by Crippen LogP contribution is 2.31. The standard InChI is InChI=1S/C24H26/c1-4-18-10-9-12-21(16-18)24-15-14-22(17-20(24)6-3)23-13-8-7-11-19(23)5-2/h7-17H,4-6H2,1-3H3. The van der Waals surface area contributed by atoms with E-state index < -0.39 is 0 Å². The molecule has 0 nitrogen and oxygen atoms in total. The van der Waals surface area contributed by atoms with Gasteiger partial charge in [0.15, 0.2) is 0 Å². The van der Waals surface area contributed by atoms with Crippen LogP contribution in [0.4, 0.5) is 0 Å². The van der Waals surface area contributed by atoms with Gasteiger partial charge in [-0.3, -0.25) is 0 Å². The Hall–Kier alpha value is -2.34. The molecule has 0 aromatic heterocycles. The lowest BCUT2D eigenvalue weighted by molar-refractivity contribution is 1.12. The fraction of sp³-hybridized carbons (Fsp3) is 0.250. The summed E-state index contributed by atoms with van der Waals surface area (Å²) in [5.74, 6) is 0. The molecule has 0 radical (unpaired) electrons. The molecule has 3 aromatic rings. The first kappa shape index (κ1) is 16.5. The van der Waals surface area contributed by atoms with Crippen molar-refractivity contribution < 1.29 is 0 Å². The Labute approximate surface area is 146 Å². The second kappa shape index (κ2) is 7.49. The number of benzene rings is 3. The topological polar surface area (TPSA) is 0 Å². The molecule has 0 atom stereocenters. The van der Waals surface area contributed by atoms with Crippen LogP contribution in [0.5, 0.6) is 0 Å². The Bertz CT molecular complexity index is 827. The zero-order valence-electron chi connectivity index (χ0n) is 15.0. The van der Waals surface area contributed by atoms with E-state index in [1.165, 1.54) is 38.9 Å². The summed E-state index contributed by atoms with van der Waals surface area (Å²) >= 11 is 0. The predicted octanol–water partition coefficient (Wildman–Crippen LogP) is 6.71. The van der Waals surface area contributed by atoms with E-state index in [9.17, 15) is 0 Å². The molecule has 3 rings (SSSR count). The average Bonchev–Trinajstić information content (AvgIpc) is 2.67. The van der Waals surface area contributed by atoms with Gasteiger partial charge in [-0.1, -0.05) is 87.5 Å². The minimum Gasteiger partial charge on any atom is -0.0620 e. The fourth-order valence-corrected chi connectivity index (χ4v) is 3.40. The van der Waals surface area contributed by atoms with E-state index in [-0.39, 0.29) is 0 Å². The van der Waals surface area contributed by atoms with E-state index in [1.807, 2.05) is 0 Å². The highest BCUT2D eigenvalue weighted by Gasteiger charge is 2.09. The smallest absolute Gasteiger partial charge is 0.0151 e. The Morgan fingerprint density at radius 1 is 0.542 bits per heavy atom. The van der Waals surface area contributed by atoms with E-state index in [4.69, 9.17) is 0 Å². The maximum atomic E-state index is 2.38. The monoisotopic (exact) mass is 314 g/mol. The molecular formula is C24H26. The van der Waals surface area contributed by atoms with Gasteiger partial charge >= 0.3 is 0 Å². The first-order valence-electron chi connectivity index (χ1n) is 9.07. The van der Waals surface area contributed by atoms with Crippen molar-refractivity contribution in [2.75, 3.05) is 0 Å². The van der Waals surface area contributed by atoms with Gasteiger partial charge in [-0.2, -0.15) is 0 Å². The van der Waals surface area contributed by atoms with E-state index in [1.54, 1.807) is 0 Å². The molecule has 0 heterocycles. The van der Waals surface area contributed by atoms with Crippen molar-refractivity contribution in [2.45, 2.75) is 40.0 Å². The van der Waals surface area contributed by atoms with Gasteiger partial charge < -0.3 is 0 Å². The summed E-state index contributed by atoms with van der Waals surface area (Å²) in [6, 6.07) is 24.6. The van der Waals surface area contributed by atoms with Crippen LogP contribution >= 0.6 is 0 Å². The van der Waals surface area contributed by atoms with E-state index in [0.717, 1.165) is 19.3 Å². The third kappa shape index (κ3) is 3.28. The summed E-state index contributed by atoms with van der Waals surface area (Å²) in [4.78, 5) is 0. The second-order valence-corrected chi connectivity index (χ2v) is 6.29. The summed E-state index contributed by atoms with van der Waals surface area (Å²) < 4.78 is 0. The minimum absolute atomic E-state index is 1.05. The van der Waals surface area contributed by atoms with Crippen molar-refractivity contribution in [2.24, 2.45) is 0 Å². The SMILES string of the molecule is CCc1cccc(-c2ccc(-c3ccccc3CC)cc2CC)c1. The third-order valence-electron chi connectivity index (χ3n) is 4.84. The van der Waals surface area contributed by atoms with Crippen LogP contribution in [0.1, 0.15) is 37.5 Å². The third-order valence-corrected chi connectivity index (χ3v) is 4.84. The molecule has 0 heteroatoms. The number of rotatable bonds is 5. The number of hydrogen-bond acceptors (Lipinski definition) is 0. The Kier molecular flexibility index (Phi) is 5.15. The van der Waals surface area contributed by atoms with Crippen LogP contribution in [0, 0.1) is 0 Å². The molecule has 0 unspecified atom stereocenters. The number of aryl methyl sites for hydroxylation is 3. The van der Waals surface area contributed by atoms with Gasteiger partial charge in [0, 0.05) is 0 Å². The van der Waals surface area contributed by atoms with E-state index in [0.29, 0.717) is 0 Å². The van der Waals surface area contributed by atoms with Crippen LogP contribution in [0.2, 0.25) is 0 Å². The van der Waals surface area contributed by atoms with Gasteiger partial charge in [0.1, 0.15) is 0 Å². The summed E-state index contributed by atoms with van der Waals surface area (Å²) in [6.07, 6.45) is 3.20. The maximum Gasteiger partial charge on any atom is -0.0151 e. The van der Waals surface area contributed by atoms with Crippen LogP contribution in [-0.4, -0.2) is 0 Å². The fourth-order valence-electron chi connectivity index (χ4n) is 3.40. The van der Waals surface area contributed by atoms with E-state index in [2.05, 4.69) is 87.5 Å². The summed E-state index contributed by atoms with van der Waals surface area (Å²) in [7, 11) is 0. The van der Waals surface area contributed by atoms with Crippen LogP contribution in [-0.2, 0) is 19.3 Å². The molecule has 0 bridgehead atoms. The molecule has 24 heavy (non-hydrogen) atoms. The molecule has 0 spiro atoms. The molecule has 0 fully saturated rings. The second-order valence-electron chi connectivity index (χ2n) is 6.29. The Balaban J connectivity index is 2.08. The molecule has 0 saturated heterocycles. The van der Waals surface area contributed by atoms with Crippen molar-refractivity contribution in [3.8, 4) is 22.3 Å². The lowest BCUT2D eigenvalue weighted by atomic mass is 9.91. The molecule has 0 amide bonds. The zero-order valence-corrected chi connectivity index (χ0v) is 15.0. The molecule has 0 aliphatic carbocycles. The molecule has 3 aromatic carbocycles. The van der Waals surface area contributed by atoms with Crippen molar-refractivity contribution in [3.05, 3.63) is 83.4 Å². The summed E-state index contributed by atoms with van der Waals surface area (Å²) in [5, 5.41) is 0. The van der Waals surface area contributed by atoms with Gasteiger partial charge in [-0.25, -0.2) is 0 Å². The zero-order chi connectivity index (χ0) is 16.9. The summed E-state index contributed by atoms with van der Waals surface area (Å²) in [5.41, 5.74) is 9.64. The summed E-state index contributed by atoms with van der Waals surface area (Å²) in [6.45, 7) is 6.69. The highest BCUT2D eigenvalue weighted by atomic mass is 14.1. The van der Waals surface area contributed by atoms with Crippen molar-refractivity contribution in [1.29, 1.82) is 0 Å². The van der Waals surface area contributed by atoms with Crippen LogP contribution in [0.25, 0.3) is 22.3 Å². The molecular weight excluding hydrogens is 288 g/mol. The first-order valence-corrected chi connectivity index (χ1v) is 9.07. The molecule has 0 N–H and O–H groups in total. The predicted molar refractivity (Wildman–Crippen MR) is 105 cm³/mol. The minimum atomic E-state index is 1.05. The Morgan fingerprint density at radius 2 is 1.25 bits per heavy atom. The van der Waals surface area contributed by atoms with Crippen molar-refractivity contribution in [3.63, 3.8) is 0 Å². The quantitative estimate of drug-likeness (QED) is 0.491. The van der Waals surface area contributed by atoms with Crippen molar-refractivity contribution >= 4 is 0 Å². The molecule has 0 saturated carbocycles. The first-order chi connectivity index (χ1) is 11.8. The van der Waals surface area contributed by atoms with Crippen LogP contribution in [0.15, 0.2) is 66.7 Å². The molecule has 0 aliphatic heterocycles.